The number of hydrogen-bond acceptors (Lipinski definition) is 6. The second-order valence-electron chi connectivity index (χ2n) is 5.86. The normalized spacial score (nSPS) is 12.0. The number of halogens is 1. The summed E-state index contributed by atoms with van der Waals surface area (Å²) in [7, 11) is 1.28. The fourth-order valence-electron chi connectivity index (χ4n) is 2.61. The molecule has 0 aliphatic heterocycles. The van der Waals surface area contributed by atoms with Crippen LogP contribution in [0.15, 0.2) is 35.4 Å². The van der Waals surface area contributed by atoms with Crippen LogP contribution in [0, 0.1) is 6.92 Å². The first-order valence-electron chi connectivity index (χ1n) is 7.98. The van der Waals surface area contributed by atoms with Gasteiger partial charge >= 0.3 is 5.97 Å². The zero-order valence-electron chi connectivity index (χ0n) is 14.8. The predicted octanol–water partition coefficient (Wildman–Crippen LogP) is 3.41. The number of aromatic nitrogens is 2. The van der Waals surface area contributed by atoms with E-state index >= 15 is 0 Å². The molecule has 0 aliphatic rings. The van der Waals surface area contributed by atoms with Crippen molar-refractivity contribution in [2.75, 3.05) is 12.4 Å². The topological polar surface area (TPSA) is 90.3 Å². The minimum Gasteiger partial charge on any atom is -0.465 e. The maximum absolute atomic E-state index is 12.9. The van der Waals surface area contributed by atoms with E-state index in [9.17, 15) is 14.4 Å². The number of nitrogens with zero attached hydrogens (tertiary/aromatic N) is 2. The first kappa shape index (κ1) is 19.1. The highest BCUT2D eigenvalue weighted by Crippen LogP contribution is 2.27. The maximum atomic E-state index is 12.9. The number of esters is 1. The first-order chi connectivity index (χ1) is 12.8. The molecule has 2 heterocycles. The third kappa shape index (κ3) is 3.58. The Bertz CT molecular complexity index is 1090. The van der Waals surface area contributed by atoms with Gasteiger partial charge in [0.05, 0.1) is 18.8 Å². The highest BCUT2D eigenvalue weighted by Gasteiger charge is 2.23. The van der Waals surface area contributed by atoms with E-state index in [2.05, 4.69) is 10.3 Å². The average molecular weight is 406 g/mol. The number of ether oxygens (including phenoxy) is 1. The van der Waals surface area contributed by atoms with Crippen molar-refractivity contribution >= 4 is 50.7 Å². The van der Waals surface area contributed by atoms with Gasteiger partial charge < -0.3 is 10.1 Å². The molecule has 2 aromatic heterocycles. The van der Waals surface area contributed by atoms with E-state index in [1.165, 1.54) is 18.0 Å². The summed E-state index contributed by atoms with van der Waals surface area (Å²) in [6.07, 6.45) is 1.31. The number of rotatable bonds is 4. The molecule has 0 spiro atoms. The van der Waals surface area contributed by atoms with Crippen molar-refractivity contribution < 1.29 is 14.3 Å². The summed E-state index contributed by atoms with van der Waals surface area (Å²) in [5.74, 6) is -0.892. The van der Waals surface area contributed by atoms with Crippen LogP contribution in [0.4, 0.5) is 5.69 Å². The van der Waals surface area contributed by atoms with E-state index in [-0.39, 0.29) is 11.5 Å². The van der Waals surface area contributed by atoms with Gasteiger partial charge in [0.1, 0.15) is 15.7 Å². The first-order valence-corrected chi connectivity index (χ1v) is 9.18. The number of nitrogens with one attached hydrogen (secondary N) is 1. The lowest BCUT2D eigenvalue weighted by Gasteiger charge is -2.15. The lowest BCUT2D eigenvalue weighted by Crippen LogP contribution is -2.31. The van der Waals surface area contributed by atoms with Gasteiger partial charge in [-0.05, 0) is 43.7 Å². The molecule has 27 heavy (non-hydrogen) atoms. The van der Waals surface area contributed by atoms with Gasteiger partial charge in [0.25, 0.3) is 5.56 Å². The van der Waals surface area contributed by atoms with Crippen LogP contribution in [0.25, 0.3) is 10.2 Å². The Morgan fingerprint density at radius 1 is 1.30 bits per heavy atom. The van der Waals surface area contributed by atoms with Gasteiger partial charge in [-0.25, -0.2) is 9.78 Å². The van der Waals surface area contributed by atoms with Crippen LogP contribution in [-0.4, -0.2) is 28.5 Å². The fraction of sp³-hybridized carbons (Fsp3) is 0.222. The second-order valence-corrected chi connectivity index (χ2v) is 7.29. The SMILES string of the molecule is COC(=O)c1sc2ncn([C@H](C)C(=O)Nc3ccc(Cl)cc3)c(=O)c2c1C. The summed E-state index contributed by atoms with van der Waals surface area (Å²) in [5.41, 5.74) is 0.680. The minimum absolute atomic E-state index is 0.314. The summed E-state index contributed by atoms with van der Waals surface area (Å²) in [6.45, 7) is 3.26. The number of benzene rings is 1. The van der Waals surface area contributed by atoms with Crippen LogP contribution in [0.3, 0.4) is 0 Å². The standard InChI is InChI=1S/C18H16ClN3O4S/c1-9-13-16(27-14(9)18(25)26-3)20-8-22(17(13)24)10(2)15(23)21-12-6-4-11(19)5-7-12/h4-8,10H,1-3H3,(H,21,23)/t10-/m1/s1. The van der Waals surface area contributed by atoms with Gasteiger partial charge in [-0.15, -0.1) is 11.3 Å². The van der Waals surface area contributed by atoms with Crippen molar-refractivity contribution in [3.05, 3.63) is 56.4 Å². The zero-order chi connectivity index (χ0) is 19.7. The zero-order valence-corrected chi connectivity index (χ0v) is 16.4. The number of hydrogen-bond donors (Lipinski definition) is 1. The molecule has 3 aromatic rings. The van der Waals surface area contributed by atoms with Gasteiger partial charge in [0, 0.05) is 10.7 Å². The Morgan fingerprint density at radius 3 is 2.59 bits per heavy atom. The molecule has 0 unspecified atom stereocenters. The molecule has 3 rings (SSSR count). The number of anilines is 1. The summed E-state index contributed by atoms with van der Waals surface area (Å²) in [6, 6.07) is 5.85. The van der Waals surface area contributed by atoms with Crippen LogP contribution < -0.4 is 10.9 Å². The van der Waals surface area contributed by atoms with Crippen molar-refractivity contribution in [1.82, 2.24) is 9.55 Å². The second kappa shape index (κ2) is 7.50. The average Bonchev–Trinajstić information content (AvgIpc) is 3.00. The largest absolute Gasteiger partial charge is 0.465 e. The van der Waals surface area contributed by atoms with Crippen LogP contribution in [0.2, 0.25) is 5.02 Å². The highest BCUT2D eigenvalue weighted by molar-refractivity contribution is 7.20. The third-order valence-corrected chi connectivity index (χ3v) is 5.59. The minimum atomic E-state index is -0.800. The molecule has 1 N–H and O–H groups in total. The number of amides is 1. The lowest BCUT2D eigenvalue weighted by atomic mass is 10.2. The van der Waals surface area contributed by atoms with Crippen molar-refractivity contribution in [2.45, 2.75) is 19.9 Å². The van der Waals surface area contributed by atoms with Crippen LogP contribution in [0.1, 0.15) is 28.2 Å². The number of aryl methyl sites for hydroxylation is 1. The molecule has 0 radical (unpaired) electrons. The van der Waals surface area contributed by atoms with Crippen LogP contribution in [-0.2, 0) is 9.53 Å². The number of fused-ring (bicyclic) bond motifs is 1. The number of thiophene rings is 1. The molecular formula is C18H16ClN3O4S. The van der Waals surface area contributed by atoms with Crippen molar-refractivity contribution in [2.24, 2.45) is 0 Å². The molecule has 1 aromatic carbocycles. The van der Waals surface area contributed by atoms with Crippen LogP contribution in [0.5, 0.6) is 0 Å². The quantitative estimate of drug-likeness (QED) is 0.672. The van der Waals surface area contributed by atoms with Crippen molar-refractivity contribution in [3.8, 4) is 0 Å². The van der Waals surface area contributed by atoms with Gasteiger partial charge in [-0.2, -0.15) is 0 Å². The molecule has 0 fully saturated rings. The molecule has 0 bridgehead atoms. The monoisotopic (exact) mass is 405 g/mol. The predicted molar refractivity (Wildman–Crippen MR) is 105 cm³/mol. The lowest BCUT2D eigenvalue weighted by molar-refractivity contribution is -0.118. The van der Waals surface area contributed by atoms with Gasteiger partial charge in [-0.1, -0.05) is 11.6 Å². The van der Waals surface area contributed by atoms with Crippen molar-refractivity contribution in [3.63, 3.8) is 0 Å². The molecule has 0 saturated carbocycles. The van der Waals surface area contributed by atoms with Gasteiger partial charge in [-0.3, -0.25) is 14.2 Å². The maximum Gasteiger partial charge on any atom is 0.348 e. The van der Waals surface area contributed by atoms with E-state index in [1.807, 2.05) is 0 Å². The van der Waals surface area contributed by atoms with E-state index in [1.54, 1.807) is 38.1 Å². The van der Waals surface area contributed by atoms with Crippen LogP contribution >= 0.6 is 22.9 Å². The molecule has 0 aliphatic carbocycles. The van der Waals surface area contributed by atoms with Gasteiger partial charge in [0.15, 0.2) is 0 Å². The van der Waals surface area contributed by atoms with E-state index in [4.69, 9.17) is 16.3 Å². The Labute approximate surface area is 163 Å². The summed E-state index contributed by atoms with van der Waals surface area (Å²) in [5, 5.41) is 3.60. The molecule has 0 saturated heterocycles. The molecular weight excluding hydrogens is 390 g/mol. The Hall–Kier alpha value is -2.71. The Morgan fingerprint density at radius 2 is 1.96 bits per heavy atom. The Kier molecular flexibility index (Phi) is 5.29. The molecule has 1 atom stereocenters. The number of methoxy groups -OCH3 is 1. The fourth-order valence-corrected chi connectivity index (χ4v) is 3.79. The highest BCUT2D eigenvalue weighted by atomic mass is 35.5. The number of carbonyl (C=O) groups is 2. The summed E-state index contributed by atoms with van der Waals surface area (Å²) < 4.78 is 5.98. The third-order valence-electron chi connectivity index (χ3n) is 4.16. The van der Waals surface area contributed by atoms with E-state index in [0.717, 1.165) is 11.3 Å². The number of carbonyl (C=O) groups excluding carboxylic acids is 2. The van der Waals surface area contributed by atoms with Crippen molar-refractivity contribution in [1.29, 1.82) is 0 Å². The summed E-state index contributed by atoms with van der Waals surface area (Å²) in [4.78, 5) is 42.3. The smallest absolute Gasteiger partial charge is 0.348 e. The Balaban J connectivity index is 1.96. The molecule has 140 valence electrons. The molecule has 7 nitrogen and oxygen atoms in total. The molecule has 1 amide bonds. The van der Waals surface area contributed by atoms with E-state index in [0.29, 0.717) is 31.4 Å². The summed E-state index contributed by atoms with van der Waals surface area (Å²) >= 11 is 6.93. The van der Waals surface area contributed by atoms with E-state index < -0.39 is 12.0 Å². The molecule has 9 heteroatoms. The van der Waals surface area contributed by atoms with Gasteiger partial charge in [0.2, 0.25) is 5.91 Å².